The summed E-state index contributed by atoms with van der Waals surface area (Å²) in [5.74, 6) is 1.76. The largest absolute Gasteiger partial charge is 0.493 e. The molecule has 1 aliphatic rings. The lowest BCUT2D eigenvalue weighted by Crippen LogP contribution is -2.33. The van der Waals surface area contributed by atoms with Gasteiger partial charge in [-0.3, -0.25) is 0 Å². The number of rotatable bonds is 6. The van der Waals surface area contributed by atoms with Gasteiger partial charge in [0.05, 0.1) is 24.9 Å². The highest BCUT2D eigenvalue weighted by molar-refractivity contribution is 9.10. The van der Waals surface area contributed by atoms with Crippen molar-refractivity contribution in [2.24, 2.45) is 5.92 Å². The van der Waals surface area contributed by atoms with Crippen molar-refractivity contribution in [1.29, 1.82) is 0 Å². The molecule has 0 unspecified atom stereocenters. The van der Waals surface area contributed by atoms with Crippen molar-refractivity contribution in [1.82, 2.24) is 14.8 Å². The van der Waals surface area contributed by atoms with E-state index in [0.29, 0.717) is 50.9 Å². The van der Waals surface area contributed by atoms with Crippen LogP contribution in [0.3, 0.4) is 0 Å². The van der Waals surface area contributed by atoms with E-state index < -0.39 is 0 Å². The summed E-state index contributed by atoms with van der Waals surface area (Å²) in [4.78, 5) is 10.5. The molecule has 1 aromatic heterocycles. The molecule has 6 nitrogen and oxygen atoms in total. The third kappa shape index (κ3) is 4.68. The SMILES string of the molecule is [B]N1CCC(COc2cc3ncnc(Nc4ccc(Br)cc4F)c3cc2OC)CC1. The second kappa shape index (κ2) is 9.18. The zero-order chi connectivity index (χ0) is 21.1. The molecule has 3 aromatic rings. The summed E-state index contributed by atoms with van der Waals surface area (Å²) in [7, 11) is 7.41. The summed E-state index contributed by atoms with van der Waals surface area (Å²) in [6, 6.07) is 8.45. The molecule has 0 atom stereocenters. The van der Waals surface area contributed by atoms with Crippen molar-refractivity contribution in [3.63, 3.8) is 0 Å². The van der Waals surface area contributed by atoms with Crippen LogP contribution in [-0.2, 0) is 0 Å². The summed E-state index contributed by atoms with van der Waals surface area (Å²) >= 11 is 3.26. The Hall–Kier alpha value is -2.39. The van der Waals surface area contributed by atoms with Gasteiger partial charge in [-0.1, -0.05) is 15.9 Å². The number of hydrogen-bond donors (Lipinski definition) is 1. The molecule has 2 radical (unpaired) electrons. The van der Waals surface area contributed by atoms with Gasteiger partial charge in [-0.05, 0) is 56.1 Å². The molecule has 2 aromatic carbocycles. The minimum Gasteiger partial charge on any atom is -0.493 e. The van der Waals surface area contributed by atoms with E-state index in [1.807, 2.05) is 16.9 Å². The zero-order valence-electron chi connectivity index (χ0n) is 16.6. The van der Waals surface area contributed by atoms with Crippen LogP contribution in [0.2, 0.25) is 0 Å². The first-order valence-corrected chi connectivity index (χ1v) is 10.5. The van der Waals surface area contributed by atoms with E-state index in [2.05, 4.69) is 31.2 Å². The highest BCUT2D eigenvalue weighted by Gasteiger charge is 2.19. The van der Waals surface area contributed by atoms with Crippen molar-refractivity contribution >= 4 is 46.3 Å². The third-order valence-electron chi connectivity index (χ3n) is 5.23. The molecule has 0 aliphatic carbocycles. The van der Waals surface area contributed by atoms with E-state index in [0.717, 1.165) is 25.9 Å². The van der Waals surface area contributed by atoms with Crippen molar-refractivity contribution < 1.29 is 13.9 Å². The molecule has 1 fully saturated rings. The summed E-state index contributed by atoms with van der Waals surface area (Å²) in [5.41, 5.74) is 1.00. The number of nitrogens with one attached hydrogen (secondary N) is 1. The Morgan fingerprint density at radius 3 is 2.73 bits per heavy atom. The Morgan fingerprint density at radius 1 is 1.20 bits per heavy atom. The zero-order valence-corrected chi connectivity index (χ0v) is 18.2. The summed E-state index contributed by atoms with van der Waals surface area (Å²) in [6.07, 6.45) is 3.44. The molecule has 0 amide bonds. The summed E-state index contributed by atoms with van der Waals surface area (Å²) in [5, 5.41) is 3.75. The van der Waals surface area contributed by atoms with Gasteiger partial charge < -0.3 is 19.6 Å². The number of benzene rings is 2. The summed E-state index contributed by atoms with van der Waals surface area (Å²) < 4.78 is 26.5. The highest BCUT2D eigenvalue weighted by Crippen LogP contribution is 2.35. The first-order chi connectivity index (χ1) is 14.5. The minimum absolute atomic E-state index is 0.323. The molecule has 1 saturated heterocycles. The molecular formula is C21H21BBrFN4O2. The highest BCUT2D eigenvalue weighted by atomic mass is 79.9. The monoisotopic (exact) mass is 470 g/mol. The second-order valence-corrected chi connectivity index (χ2v) is 8.20. The van der Waals surface area contributed by atoms with Gasteiger partial charge in [0.25, 0.3) is 0 Å². The molecule has 0 saturated carbocycles. The van der Waals surface area contributed by atoms with Crippen molar-refractivity contribution in [3.8, 4) is 11.5 Å². The molecule has 154 valence electrons. The lowest BCUT2D eigenvalue weighted by atomic mass is 9.96. The van der Waals surface area contributed by atoms with Crippen molar-refractivity contribution in [3.05, 3.63) is 46.9 Å². The first-order valence-electron chi connectivity index (χ1n) is 9.70. The quantitative estimate of drug-likeness (QED) is 0.537. The molecule has 2 heterocycles. The molecule has 4 rings (SSSR count). The van der Waals surface area contributed by atoms with Crippen LogP contribution < -0.4 is 14.8 Å². The van der Waals surface area contributed by atoms with Crippen LogP contribution in [0.1, 0.15) is 12.8 Å². The number of fused-ring (bicyclic) bond motifs is 1. The van der Waals surface area contributed by atoms with E-state index in [4.69, 9.17) is 17.5 Å². The Kier molecular flexibility index (Phi) is 6.39. The fourth-order valence-electron chi connectivity index (χ4n) is 3.48. The van der Waals surface area contributed by atoms with E-state index in [1.165, 1.54) is 12.4 Å². The Balaban J connectivity index is 1.58. The lowest BCUT2D eigenvalue weighted by Gasteiger charge is -2.29. The van der Waals surface area contributed by atoms with Crippen LogP contribution >= 0.6 is 15.9 Å². The predicted octanol–water partition coefficient (Wildman–Crippen LogP) is 4.46. The predicted molar refractivity (Wildman–Crippen MR) is 119 cm³/mol. The Labute approximate surface area is 184 Å². The van der Waals surface area contributed by atoms with Gasteiger partial charge in [0.1, 0.15) is 18.0 Å². The Bertz CT molecular complexity index is 1050. The maximum Gasteiger partial charge on any atom is 0.182 e. The van der Waals surface area contributed by atoms with Gasteiger partial charge >= 0.3 is 0 Å². The van der Waals surface area contributed by atoms with E-state index in [-0.39, 0.29) is 5.82 Å². The number of methoxy groups -OCH3 is 1. The van der Waals surface area contributed by atoms with Crippen molar-refractivity contribution in [2.75, 3.05) is 32.1 Å². The third-order valence-corrected chi connectivity index (χ3v) is 5.72. The van der Waals surface area contributed by atoms with Crippen LogP contribution in [0.25, 0.3) is 10.9 Å². The maximum atomic E-state index is 14.3. The van der Waals surface area contributed by atoms with E-state index in [1.54, 1.807) is 19.2 Å². The molecule has 9 heteroatoms. The second-order valence-electron chi connectivity index (χ2n) is 7.28. The van der Waals surface area contributed by atoms with Crippen LogP contribution in [0.15, 0.2) is 41.1 Å². The number of piperidine rings is 1. The van der Waals surface area contributed by atoms with Crippen molar-refractivity contribution in [2.45, 2.75) is 12.8 Å². The van der Waals surface area contributed by atoms with E-state index >= 15 is 0 Å². The topological polar surface area (TPSA) is 59.5 Å². The van der Waals surface area contributed by atoms with Gasteiger partial charge in [0, 0.05) is 15.9 Å². The van der Waals surface area contributed by atoms with Gasteiger partial charge in [-0.25, -0.2) is 14.4 Å². The van der Waals surface area contributed by atoms with Gasteiger partial charge in [-0.2, -0.15) is 0 Å². The van der Waals surface area contributed by atoms with E-state index in [9.17, 15) is 4.39 Å². The smallest absolute Gasteiger partial charge is 0.182 e. The van der Waals surface area contributed by atoms with Crippen LogP contribution in [0.4, 0.5) is 15.9 Å². The molecule has 0 spiro atoms. The van der Waals surface area contributed by atoms with Gasteiger partial charge in [0.15, 0.2) is 19.5 Å². The Morgan fingerprint density at radius 2 is 2.00 bits per heavy atom. The fourth-order valence-corrected chi connectivity index (χ4v) is 3.81. The lowest BCUT2D eigenvalue weighted by molar-refractivity contribution is 0.183. The average Bonchev–Trinajstić information content (AvgIpc) is 2.75. The minimum atomic E-state index is -0.383. The number of halogens is 2. The molecule has 0 bridgehead atoms. The number of anilines is 2. The van der Waals surface area contributed by atoms with Gasteiger partial charge in [-0.15, -0.1) is 0 Å². The summed E-state index contributed by atoms with van der Waals surface area (Å²) in [6.45, 7) is 2.34. The van der Waals surface area contributed by atoms with Crippen LogP contribution in [0, 0.1) is 11.7 Å². The molecule has 1 N–H and O–H groups in total. The molecule has 1 aliphatic heterocycles. The van der Waals surface area contributed by atoms with Crippen LogP contribution in [0.5, 0.6) is 11.5 Å². The first kappa shape index (κ1) is 20.9. The standard InChI is InChI=1S/C21H21BBrFN4O2/c1-29-19-9-15-18(10-20(19)30-11-13-4-6-28(22)7-5-13)25-12-26-21(15)27-17-3-2-14(23)8-16(17)24/h2-3,8-10,12-13H,4-7,11H2,1H3,(H,25,26,27). The number of ether oxygens (including phenoxy) is 2. The normalized spacial score (nSPS) is 15.3. The molecular weight excluding hydrogens is 450 g/mol. The maximum absolute atomic E-state index is 14.3. The number of aromatic nitrogens is 2. The number of hydrogen-bond acceptors (Lipinski definition) is 6. The molecule has 30 heavy (non-hydrogen) atoms. The average molecular weight is 471 g/mol. The van der Waals surface area contributed by atoms with Crippen LogP contribution in [-0.4, -0.2) is 49.6 Å². The number of nitrogens with zero attached hydrogens (tertiary/aromatic N) is 3. The fraction of sp³-hybridized carbons (Fsp3) is 0.333. The van der Waals surface area contributed by atoms with Gasteiger partial charge in [0.2, 0.25) is 0 Å².